The summed E-state index contributed by atoms with van der Waals surface area (Å²) in [5.41, 5.74) is 0. The second kappa shape index (κ2) is 4.18. The second-order valence-corrected chi connectivity index (χ2v) is 2.10. The van der Waals surface area contributed by atoms with Crippen molar-refractivity contribution in [1.29, 1.82) is 5.26 Å². The van der Waals surface area contributed by atoms with E-state index in [0.717, 1.165) is 6.67 Å². The highest BCUT2D eigenvalue weighted by atomic mass is 79.9. The average Bonchev–Trinajstić information content (AvgIpc) is 2.17. The lowest BCUT2D eigenvalue weighted by molar-refractivity contribution is 0.321. The largest absolute Gasteiger partial charge is 0.362 e. The van der Waals surface area contributed by atoms with Gasteiger partial charge in [0.2, 0.25) is 0 Å². The third-order valence-corrected chi connectivity index (χ3v) is 1.21. The molecule has 0 radical (unpaired) electrons. The number of nitrogens with zero attached hydrogens (tertiary/aromatic N) is 3. The van der Waals surface area contributed by atoms with Gasteiger partial charge in [0.15, 0.2) is 0 Å². The maximum Gasteiger partial charge on any atom is 0.107 e. The lowest BCUT2D eigenvalue weighted by Gasteiger charge is -2.13. The fraction of sp³-hybridized carbons (Fsp3) is 0.500. The molecule has 3 nitrogen and oxygen atoms in total. The molecule has 4 heteroatoms. The van der Waals surface area contributed by atoms with Gasteiger partial charge in [0.05, 0.1) is 12.7 Å². The molecule has 0 saturated carbocycles. The van der Waals surface area contributed by atoms with E-state index in [1.165, 1.54) is 0 Å². The Morgan fingerprint density at radius 2 is 2.30 bits per heavy atom. The molecule has 0 bridgehead atoms. The van der Waals surface area contributed by atoms with Crippen molar-refractivity contribution in [3.05, 3.63) is 12.4 Å². The van der Waals surface area contributed by atoms with Gasteiger partial charge in [-0.15, -0.1) is 17.0 Å². The van der Waals surface area contributed by atoms with Crippen molar-refractivity contribution in [2.24, 2.45) is 0 Å². The Balaban J connectivity index is 0.000000810. The van der Waals surface area contributed by atoms with Crippen molar-refractivity contribution < 1.29 is 0 Å². The minimum absolute atomic E-state index is 0. The van der Waals surface area contributed by atoms with Crippen molar-refractivity contribution in [2.75, 3.05) is 20.3 Å². The van der Waals surface area contributed by atoms with Gasteiger partial charge < -0.3 is 9.80 Å². The summed E-state index contributed by atoms with van der Waals surface area (Å²) >= 11 is 0. The molecule has 0 atom stereocenters. The lowest BCUT2D eigenvalue weighted by atomic mass is 10.6. The molecule has 1 aliphatic heterocycles. The summed E-state index contributed by atoms with van der Waals surface area (Å²) in [6.07, 6.45) is 3.88. The Bertz CT molecular complexity index is 161. The van der Waals surface area contributed by atoms with E-state index in [4.69, 9.17) is 5.26 Å². The molecule has 10 heavy (non-hydrogen) atoms. The van der Waals surface area contributed by atoms with Gasteiger partial charge in [-0.25, -0.2) is 0 Å². The second-order valence-electron chi connectivity index (χ2n) is 2.10. The third kappa shape index (κ3) is 2.28. The minimum atomic E-state index is 0. The standard InChI is InChI=1S/C6H9N3.BrH/c1-8-4-5-9(6-8)3-2-7;/h4-5H,3,6H2,1H3;1H. The van der Waals surface area contributed by atoms with E-state index in [9.17, 15) is 0 Å². The molecule has 0 amide bonds. The highest BCUT2D eigenvalue weighted by molar-refractivity contribution is 8.93. The summed E-state index contributed by atoms with van der Waals surface area (Å²) in [6.45, 7) is 1.33. The smallest absolute Gasteiger partial charge is 0.107 e. The first-order chi connectivity index (χ1) is 4.33. The van der Waals surface area contributed by atoms with Crippen molar-refractivity contribution >= 4 is 17.0 Å². The van der Waals surface area contributed by atoms with Gasteiger partial charge in [0, 0.05) is 19.4 Å². The number of halogens is 1. The number of rotatable bonds is 1. The normalized spacial score (nSPS) is 14.8. The summed E-state index contributed by atoms with van der Waals surface area (Å²) in [6, 6.07) is 2.08. The zero-order valence-corrected chi connectivity index (χ0v) is 7.53. The van der Waals surface area contributed by atoms with Crippen molar-refractivity contribution in [2.45, 2.75) is 0 Å². The van der Waals surface area contributed by atoms with E-state index >= 15 is 0 Å². The SMILES string of the molecule is Br.CN1C=CN(CC#N)C1. The van der Waals surface area contributed by atoms with Gasteiger partial charge in [0.1, 0.15) is 6.54 Å². The summed E-state index contributed by atoms with van der Waals surface area (Å²) in [4.78, 5) is 3.97. The van der Waals surface area contributed by atoms with Crippen LogP contribution in [0.15, 0.2) is 12.4 Å². The van der Waals surface area contributed by atoms with Crippen molar-refractivity contribution in [3.8, 4) is 6.07 Å². The molecule has 0 N–H and O–H groups in total. The fourth-order valence-electron chi connectivity index (χ4n) is 0.782. The summed E-state index contributed by atoms with van der Waals surface area (Å²) < 4.78 is 0. The Kier molecular flexibility index (Phi) is 3.89. The molecule has 0 spiro atoms. The summed E-state index contributed by atoms with van der Waals surface area (Å²) in [5, 5.41) is 8.27. The van der Waals surface area contributed by atoms with Crippen LogP contribution in [0.3, 0.4) is 0 Å². The molecule has 56 valence electrons. The molecular weight excluding hydrogens is 194 g/mol. The van der Waals surface area contributed by atoms with Gasteiger partial charge in [-0.05, 0) is 0 Å². The van der Waals surface area contributed by atoms with Crippen LogP contribution < -0.4 is 0 Å². The minimum Gasteiger partial charge on any atom is -0.362 e. The first-order valence-corrected chi connectivity index (χ1v) is 2.82. The topological polar surface area (TPSA) is 30.3 Å². The van der Waals surface area contributed by atoms with E-state index in [0.29, 0.717) is 6.54 Å². The number of nitriles is 1. The Morgan fingerprint density at radius 1 is 1.60 bits per heavy atom. The fourth-order valence-corrected chi connectivity index (χ4v) is 0.782. The molecule has 0 aliphatic carbocycles. The molecule has 0 aromatic heterocycles. The van der Waals surface area contributed by atoms with Gasteiger partial charge >= 0.3 is 0 Å². The maximum absolute atomic E-state index is 8.27. The van der Waals surface area contributed by atoms with Gasteiger partial charge in [-0.1, -0.05) is 0 Å². The Labute approximate surface area is 71.3 Å². The van der Waals surface area contributed by atoms with Crippen molar-refractivity contribution in [1.82, 2.24) is 9.80 Å². The first kappa shape index (κ1) is 9.31. The van der Waals surface area contributed by atoms with Crippen LogP contribution in [0.1, 0.15) is 0 Å². The number of hydrogen-bond donors (Lipinski definition) is 0. The predicted molar refractivity (Wildman–Crippen MR) is 44.4 cm³/mol. The highest BCUT2D eigenvalue weighted by Crippen LogP contribution is 2.00. The van der Waals surface area contributed by atoms with Gasteiger partial charge in [0.25, 0.3) is 0 Å². The van der Waals surface area contributed by atoms with E-state index in [-0.39, 0.29) is 17.0 Å². The lowest BCUT2D eigenvalue weighted by Crippen LogP contribution is -2.22. The molecule has 0 aromatic carbocycles. The molecule has 1 aliphatic rings. The quantitative estimate of drug-likeness (QED) is 0.591. The highest BCUT2D eigenvalue weighted by Gasteiger charge is 2.05. The van der Waals surface area contributed by atoms with Crippen LogP contribution in [-0.4, -0.2) is 30.1 Å². The van der Waals surface area contributed by atoms with E-state index in [1.54, 1.807) is 0 Å². The Morgan fingerprint density at radius 3 is 2.70 bits per heavy atom. The molecule has 0 aromatic rings. The summed E-state index contributed by atoms with van der Waals surface area (Å²) in [5.74, 6) is 0. The first-order valence-electron chi connectivity index (χ1n) is 2.82. The molecule has 1 rings (SSSR count). The monoisotopic (exact) mass is 203 g/mol. The zero-order valence-electron chi connectivity index (χ0n) is 5.82. The van der Waals surface area contributed by atoms with Gasteiger partial charge in [-0.2, -0.15) is 5.26 Å². The maximum atomic E-state index is 8.27. The van der Waals surface area contributed by atoms with E-state index in [1.807, 2.05) is 29.2 Å². The molecule has 0 fully saturated rings. The summed E-state index contributed by atoms with van der Waals surface area (Å²) in [7, 11) is 1.98. The molecule has 1 heterocycles. The van der Waals surface area contributed by atoms with E-state index < -0.39 is 0 Å². The predicted octanol–water partition coefficient (Wildman–Crippen LogP) is 0.764. The van der Waals surface area contributed by atoms with Crippen LogP contribution in [0.5, 0.6) is 0 Å². The number of hydrogen-bond acceptors (Lipinski definition) is 3. The van der Waals surface area contributed by atoms with E-state index in [2.05, 4.69) is 6.07 Å². The molecular formula is C6H10BrN3. The molecule has 0 unspecified atom stereocenters. The van der Waals surface area contributed by atoms with Crippen LogP contribution in [0.4, 0.5) is 0 Å². The van der Waals surface area contributed by atoms with Crippen LogP contribution in [0, 0.1) is 11.3 Å². The third-order valence-electron chi connectivity index (χ3n) is 1.21. The van der Waals surface area contributed by atoms with Crippen LogP contribution >= 0.6 is 17.0 Å². The van der Waals surface area contributed by atoms with Crippen LogP contribution in [-0.2, 0) is 0 Å². The molecule has 0 saturated heterocycles. The zero-order chi connectivity index (χ0) is 6.69. The van der Waals surface area contributed by atoms with Gasteiger partial charge in [-0.3, -0.25) is 0 Å². The average molecular weight is 204 g/mol. The van der Waals surface area contributed by atoms with Crippen LogP contribution in [0.25, 0.3) is 0 Å². The van der Waals surface area contributed by atoms with Crippen LogP contribution in [0.2, 0.25) is 0 Å². The Hall–Kier alpha value is -0.690. The van der Waals surface area contributed by atoms with Crippen molar-refractivity contribution in [3.63, 3.8) is 0 Å².